The van der Waals surface area contributed by atoms with Crippen molar-refractivity contribution in [2.75, 3.05) is 25.6 Å². The molecular weight excluding hydrogens is 418 g/mol. The summed E-state index contributed by atoms with van der Waals surface area (Å²) >= 11 is 0. The van der Waals surface area contributed by atoms with Crippen LogP contribution in [0.5, 0.6) is 17.2 Å². The number of hydrazone groups is 1. The minimum absolute atomic E-state index is 0.439. The molecule has 0 spiro atoms. The van der Waals surface area contributed by atoms with Crippen molar-refractivity contribution >= 4 is 17.9 Å². The van der Waals surface area contributed by atoms with Crippen molar-refractivity contribution in [2.45, 2.75) is 20.3 Å². The fraction of sp³-hybridized carbons (Fsp3) is 0.231. The Kier molecular flexibility index (Phi) is 8.71. The molecule has 0 fully saturated rings. The minimum Gasteiger partial charge on any atom is -0.493 e. The van der Waals surface area contributed by atoms with Gasteiger partial charge >= 0.3 is 6.03 Å². The van der Waals surface area contributed by atoms with Gasteiger partial charge in [0.05, 0.1) is 26.5 Å². The van der Waals surface area contributed by atoms with Gasteiger partial charge in [-0.2, -0.15) is 5.10 Å². The molecular formula is C26H29N3O4. The summed E-state index contributed by atoms with van der Waals surface area (Å²) in [6, 6.07) is 20.3. The first kappa shape index (κ1) is 23.7. The van der Waals surface area contributed by atoms with E-state index < -0.39 is 6.03 Å². The van der Waals surface area contributed by atoms with Crippen LogP contribution in [0.25, 0.3) is 0 Å². The molecule has 3 rings (SSSR count). The number of nitrogens with zero attached hydrogens (tertiary/aromatic N) is 1. The van der Waals surface area contributed by atoms with E-state index in [1.807, 2.05) is 55.5 Å². The Morgan fingerprint density at radius 1 is 0.939 bits per heavy atom. The Morgan fingerprint density at radius 2 is 1.73 bits per heavy atom. The number of carbonyl (C=O) groups excluding carboxylic acids is 1. The topological polar surface area (TPSA) is 81.2 Å². The van der Waals surface area contributed by atoms with E-state index in [9.17, 15) is 4.79 Å². The largest absolute Gasteiger partial charge is 0.493 e. The minimum atomic E-state index is -0.439. The fourth-order valence-electron chi connectivity index (χ4n) is 3.17. The lowest BCUT2D eigenvalue weighted by Crippen LogP contribution is -2.24. The summed E-state index contributed by atoms with van der Waals surface area (Å²) in [7, 11) is 1.58. The third-order valence-electron chi connectivity index (χ3n) is 4.75. The van der Waals surface area contributed by atoms with Crippen LogP contribution in [0.1, 0.15) is 23.1 Å². The third kappa shape index (κ3) is 7.28. The number of rotatable bonds is 10. The number of hydrogen-bond donors (Lipinski definition) is 2. The second kappa shape index (κ2) is 12.1. The number of ether oxygens (including phenoxy) is 3. The van der Waals surface area contributed by atoms with Gasteiger partial charge in [0.15, 0.2) is 11.5 Å². The number of nitrogens with one attached hydrogen (secondary N) is 2. The van der Waals surface area contributed by atoms with E-state index in [1.54, 1.807) is 19.2 Å². The van der Waals surface area contributed by atoms with Gasteiger partial charge in [-0.05, 0) is 49.7 Å². The molecule has 0 saturated heterocycles. The predicted molar refractivity (Wildman–Crippen MR) is 131 cm³/mol. The van der Waals surface area contributed by atoms with Crippen molar-refractivity contribution in [3.63, 3.8) is 0 Å². The lowest BCUT2D eigenvalue weighted by molar-refractivity contribution is 0.239. The zero-order valence-electron chi connectivity index (χ0n) is 19.1. The summed E-state index contributed by atoms with van der Waals surface area (Å²) in [5.74, 6) is 2.02. The Morgan fingerprint density at radius 3 is 2.48 bits per heavy atom. The molecule has 0 aliphatic carbocycles. The first-order chi connectivity index (χ1) is 16.1. The molecule has 0 aromatic heterocycles. The molecule has 7 nitrogen and oxygen atoms in total. The molecule has 0 heterocycles. The van der Waals surface area contributed by atoms with E-state index in [-0.39, 0.29) is 0 Å². The van der Waals surface area contributed by atoms with Crippen LogP contribution in [-0.4, -0.2) is 32.6 Å². The number of benzene rings is 3. The zero-order chi connectivity index (χ0) is 23.5. The summed E-state index contributed by atoms with van der Waals surface area (Å²) in [5.41, 5.74) is 6.14. The highest BCUT2D eigenvalue weighted by Crippen LogP contribution is 2.30. The van der Waals surface area contributed by atoms with Crippen LogP contribution < -0.4 is 25.0 Å². The van der Waals surface area contributed by atoms with Crippen LogP contribution in [-0.2, 0) is 0 Å². The van der Waals surface area contributed by atoms with Crippen LogP contribution in [0.4, 0.5) is 10.5 Å². The maximum absolute atomic E-state index is 12.0. The highest BCUT2D eigenvalue weighted by atomic mass is 16.5. The number of hydrogen-bond acceptors (Lipinski definition) is 5. The molecule has 2 N–H and O–H groups in total. The van der Waals surface area contributed by atoms with E-state index in [0.717, 1.165) is 11.3 Å². The highest BCUT2D eigenvalue weighted by molar-refractivity contribution is 5.91. The summed E-state index contributed by atoms with van der Waals surface area (Å²) in [6.45, 7) is 5.06. The quantitative estimate of drug-likeness (QED) is 0.251. The van der Waals surface area contributed by atoms with E-state index >= 15 is 0 Å². The monoisotopic (exact) mass is 447 g/mol. The van der Waals surface area contributed by atoms with Gasteiger partial charge in [-0.1, -0.05) is 42.0 Å². The van der Waals surface area contributed by atoms with Gasteiger partial charge in [-0.25, -0.2) is 10.2 Å². The van der Waals surface area contributed by atoms with Gasteiger partial charge in [0.25, 0.3) is 0 Å². The Bertz CT molecular complexity index is 1080. The molecule has 0 radical (unpaired) electrons. The summed E-state index contributed by atoms with van der Waals surface area (Å²) < 4.78 is 17.3. The van der Waals surface area contributed by atoms with Crippen LogP contribution in [0, 0.1) is 13.8 Å². The van der Waals surface area contributed by atoms with Crippen molar-refractivity contribution in [3.05, 3.63) is 83.4 Å². The van der Waals surface area contributed by atoms with Crippen LogP contribution in [0.2, 0.25) is 0 Å². The zero-order valence-corrected chi connectivity index (χ0v) is 19.1. The van der Waals surface area contributed by atoms with Crippen LogP contribution >= 0.6 is 0 Å². The second-order valence-electron chi connectivity index (χ2n) is 7.39. The molecule has 3 aromatic rings. The molecule has 0 bridgehead atoms. The Labute approximate surface area is 194 Å². The van der Waals surface area contributed by atoms with Gasteiger partial charge in [0.2, 0.25) is 0 Å². The third-order valence-corrected chi connectivity index (χ3v) is 4.75. The lowest BCUT2D eigenvalue weighted by atomic mass is 10.1. The van der Waals surface area contributed by atoms with Gasteiger partial charge in [0.1, 0.15) is 5.75 Å². The van der Waals surface area contributed by atoms with E-state index in [2.05, 4.69) is 28.8 Å². The highest BCUT2D eigenvalue weighted by Gasteiger charge is 2.10. The molecule has 0 unspecified atom stereocenters. The predicted octanol–water partition coefficient (Wildman–Crippen LogP) is 5.32. The maximum Gasteiger partial charge on any atom is 0.339 e. The molecule has 0 aliphatic rings. The number of aryl methyl sites for hydroxylation is 2. The average Bonchev–Trinajstić information content (AvgIpc) is 2.81. The molecule has 0 saturated carbocycles. The number of para-hydroxylation sites is 2. The fourth-order valence-corrected chi connectivity index (χ4v) is 3.17. The number of carbonyl (C=O) groups is 1. The Hall–Kier alpha value is -4.00. The maximum atomic E-state index is 12.0. The normalized spacial score (nSPS) is 10.6. The number of urea groups is 1. The van der Waals surface area contributed by atoms with Gasteiger partial charge in [-0.15, -0.1) is 0 Å². The van der Waals surface area contributed by atoms with E-state index in [1.165, 1.54) is 11.8 Å². The van der Waals surface area contributed by atoms with Crippen LogP contribution in [0.15, 0.2) is 71.8 Å². The van der Waals surface area contributed by atoms with Crippen molar-refractivity contribution in [1.29, 1.82) is 0 Å². The SMILES string of the molecule is COc1cccc(/C=N/NC(=O)Nc2ccccc2)c1OCCCOc1ccc(C)cc1C. The van der Waals surface area contributed by atoms with Crippen molar-refractivity contribution in [2.24, 2.45) is 5.10 Å². The van der Waals surface area contributed by atoms with Gasteiger partial charge in [0, 0.05) is 17.7 Å². The summed E-state index contributed by atoms with van der Waals surface area (Å²) in [5, 5.41) is 6.73. The van der Waals surface area contributed by atoms with E-state index in [4.69, 9.17) is 14.2 Å². The molecule has 33 heavy (non-hydrogen) atoms. The molecule has 7 heteroatoms. The first-order valence-corrected chi connectivity index (χ1v) is 10.7. The number of amides is 2. The van der Waals surface area contributed by atoms with Crippen molar-refractivity contribution < 1.29 is 19.0 Å². The molecule has 3 aromatic carbocycles. The number of methoxy groups -OCH3 is 1. The number of anilines is 1. The summed E-state index contributed by atoms with van der Waals surface area (Å²) in [6.07, 6.45) is 2.22. The van der Waals surface area contributed by atoms with E-state index in [0.29, 0.717) is 42.4 Å². The molecule has 172 valence electrons. The standard InChI is InChI=1S/C26H29N3O4/c1-19-13-14-23(20(2)17-19)32-15-8-16-33-25-21(9-7-12-24(25)31-3)18-27-29-26(30)28-22-10-5-4-6-11-22/h4-7,9-14,17-18H,8,15-16H2,1-3H3,(H2,28,29,30)/b27-18+. The average molecular weight is 448 g/mol. The Balaban J connectivity index is 1.53. The molecule has 0 atom stereocenters. The summed E-state index contributed by atoms with van der Waals surface area (Å²) in [4.78, 5) is 12.0. The first-order valence-electron chi connectivity index (χ1n) is 10.7. The lowest BCUT2D eigenvalue weighted by Gasteiger charge is -2.14. The molecule has 0 aliphatic heterocycles. The van der Waals surface area contributed by atoms with Crippen LogP contribution in [0.3, 0.4) is 0 Å². The smallest absolute Gasteiger partial charge is 0.339 e. The van der Waals surface area contributed by atoms with Crippen molar-refractivity contribution in [3.8, 4) is 17.2 Å². The van der Waals surface area contributed by atoms with Gasteiger partial charge in [-0.3, -0.25) is 0 Å². The molecule has 2 amide bonds. The van der Waals surface area contributed by atoms with Gasteiger partial charge < -0.3 is 19.5 Å². The second-order valence-corrected chi connectivity index (χ2v) is 7.39. The van der Waals surface area contributed by atoms with Crippen molar-refractivity contribution in [1.82, 2.24) is 5.43 Å².